The van der Waals surface area contributed by atoms with E-state index in [0.29, 0.717) is 0 Å². The minimum absolute atomic E-state index is 0. The van der Waals surface area contributed by atoms with E-state index in [1.807, 2.05) is 0 Å². The topological polar surface area (TPSA) is 159 Å². The Balaban J connectivity index is 0.00000392. The summed E-state index contributed by atoms with van der Waals surface area (Å²) in [5.41, 5.74) is 0. The van der Waals surface area contributed by atoms with E-state index in [1.54, 1.807) is 13.8 Å². The normalized spacial score (nSPS) is 24.7. The number of amides is 3. The van der Waals surface area contributed by atoms with Crippen molar-refractivity contribution in [1.82, 2.24) is 15.5 Å². The average molecular weight is 445 g/mol. The first-order valence-corrected chi connectivity index (χ1v) is 9.32. The Morgan fingerprint density at radius 2 is 1.79 bits per heavy atom. The fraction of sp³-hybridized carbons (Fsp3) is 0.688. The maximum Gasteiger partial charge on any atom is 1.00 e. The van der Waals surface area contributed by atoms with E-state index in [4.69, 9.17) is 0 Å². The number of hydrogen-bond donors (Lipinski definition) is 2. The number of hydrogen-bond acceptors (Lipinski definition) is 8. The second-order valence-corrected chi connectivity index (χ2v) is 8.86. The zero-order chi connectivity index (χ0) is 20.5. The van der Waals surface area contributed by atoms with Crippen LogP contribution in [0.5, 0.6) is 0 Å². The maximum atomic E-state index is 12.2. The minimum atomic E-state index is -1.44. The van der Waals surface area contributed by atoms with Gasteiger partial charge in [-0.05, 0) is 26.7 Å². The third-order valence-corrected chi connectivity index (χ3v) is 6.11. The molecule has 2 heterocycles. The van der Waals surface area contributed by atoms with Gasteiger partial charge in [-0.15, -0.1) is 11.8 Å². The first-order valence-electron chi connectivity index (χ1n) is 8.44. The summed E-state index contributed by atoms with van der Waals surface area (Å²) < 4.78 is -0.737. The van der Waals surface area contributed by atoms with Gasteiger partial charge in [-0.25, -0.2) is 0 Å². The van der Waals surface area contributed by atoms with Gasteiger partial charge in [-0.3, -0.25) is 14.4 Å². The number of β-lactam (4-membered cyclic amide) rings is 1. The molecule has 1 unspecified atom stereocenters. The monoisotopic (exact) mass is 445 g/mol. The fourth-order valence-corrected chi connectivity index (χ4v) is 4.95. The Morgan fingerprint density at radius 3 is 2.28 bits per heavy atom. The number of thioether (sulfide) groups is 1. The van der Waals surface area contributed by atoms with Crippen molar-refractivity contribution in [2.45, 2.75) is 68.3 Å². The van der Waals surface area contributed by atoms with Crippen LogP contribution in [0.3, 0.4) is 0 Å². The van der Waals surface area contributed by atoms with Crippen molar-refractivity contribution < 1.29 is 93.3 Å². The van der Waals surface area contributed by atoms with Gasteiger partial charge in [0.2, 0.25) is 17.7 Å². The minimum Gasteiger partial charge on any atom is -0.548 e. The summed E-state index contributed by atoms with van der Waals surface area (Å²) in [6.45, 7) is 4.58. The number of carbonyl (C=O) groups is 5. The average Bonchev–Trinajstić information content (AvgIpc) is 2.79. The summed E-state index contributed by atoms with van der Waals surface area (Å²) in [6.07, 6.45) is 0.135. The Hall–Kier alpha value is -0.300. The van der Waals surface area contributed by atoms with E-state index < -0.39 is 57.9 Å². The van der Waals surface area contributed by atoms with Crippen molar-refractivity contribution in [2.24, 2.45) is 0 Å². The molecule has 0 aromatic carbocycles. The van der Waals surface area contributed by atoms with Crippen LogP contribution < -0.4 is 80.0 Å². The van der Waals surface area contributed by atoms with Crippen LogP contribution in [-0.4, -0.2) is 62.8 Å². The number of carboxylic acids is 2. The first-order chi connectivity index (χ1) is 12.5. The zero-order valence-corrected chi connectivity index (χ0v) is 22.0. The Labute approximate surface area is 216 Å². The molecule has 2 N–H and O–H groups in total. The predicted octanol–water partition coefficient (Wildman–Crippen LogP) is -9.28. The Kier molecular flexibility index (Phi) is 11.2. The molecular weight excluding hydrogens is 424 g/mol. The molecule has 0 aromatic heterocycles. The summed E-state index contributed by atoms with van der Waals surface area (Å²) in [5.74, 6) is -4.22. The summed E-state index contributed by atoms with van der Waals surface area (Å²) in [4.78, 5) is 58.7. The smallest absolute Gasteiger partial charge is 0.548 e. The molecule has 13 heteroatoms. The summed E-state index contributed by atoms with van der Waals surface area (Å²) in [7, 11) is 0. The number of fused-ring (bicyclic) bond motifs is 1. The first kappa shape index (κ1) is 28.7. The van der Waals surface area contributed by atoms with Crippen molar-refractivity contribution in [2.75, 3.05) is 0 Å². The van der Waals surface area contributed by atoms with Crippen LogP contribution in [0.2, 0.25) is 0 Å². The molecule has 2 rings (SSSR count). The van der Waals surface area contributed by atoms with Crippen LogP contribution in [0.4, 0.5) is 0 Å². The number of rotatable bonds is 8. The van der Waals surface area contributed by atoms with Gasteiger partial charge in [0.1, 0.15) is 11.4 Å². The summed E-state index contributed by atoms with van der Waals surface area (Å²) in [5, 5.41) is 26.6. The number of carbonyl (C=O) groups excluding carboxylic acids is 5. The van der Waals surface area contributed by atoms with Crippen molar-refractivity contribution in [3.05, 3.63) is 0 Å². The van der Waals surface area contributed by atoms with Crippen molar-refractivity contribution in [3.63, 3.8) is 0 Å². The van der Waals surface area contributed by atoms with Crippen molar-refractivity contribution in [1.29, 1.82) is 0 Å². The van der Waals surface area contributed by atoms with E-state index in [0.717, 1.165) is 0 Å². The van der Waals surface area contributed by atoms with Gasteiger partial charge in [-0.1, -0.05) is 0 Å². The van der Waals surface area contributed by atoms with E-state index in [1.165, 1.54) is 23.6 Å². The maximum absolute atomic E-state index is 12.2. The third-order valence-electron chi connectivity index (χ3n) is 4.54. The van der Waals surface area contributed by atoms with E-state index in [9.17, 15) is 34.2 Å². The molecule has 3 amide bonds. The zero-order valence-electron chi connectivity index (χ0n) is 17.1. The Bertz CT molecular complexity index is 691. The van der Waals surface area contributed by atoms with Crippen LogP contribution in [0.15, 0.2) is 0 Å². The molecule has 0 aromatic rings. The largest absolute Gasteiger partial charge is 1.00 e. The second-order valence-electron chi connectivity index (χ2n) is 7.09. The number of nitrogens with one attached hydrogen (secondary N) is 2. The molecule has 0 aliphatic carbocycles. The fourth-order valence-electron chi connectivity index (χ4n) is 3.33. The summed E-state index contributed by atoms with van der Waals surface area (Å²) in [6, 6.07) is -3.07. The molecule has 150 valence electrons. The van der Waals surface area contributed by atoms with Crippen molar-refractivity contribution >= 4 is 41.4 Å². The number of nitrogens with zero attached hydrogens (tertiary/aromatic N) is 1. The van der Waals surface area contributed by atoms with Crippen LogP contribution in [0, 0.1) is 0 Å². The van der Waals surface area contributed by atoms with E-state index >= 15 is 0 Å². The molecule has 0 saturated carbocycles. The molecule has 2 aliphatic heterocycles. The van der Waals surface area contributed by atoms with Crippen LogP contribution in [-0.2, 0) is 24.0 Å². The molecule has 0 bridgehead atoms. The molecule has 29 heavy (non-hydrogen) atoms. The van der Waals surface area contributed by atoms with Gasteiger partial charge in [0, 0.05) is 18.1 Å². The molecule has 10 nitrogen and oxygen atoms in total. The van der Waals surface area contributed by atoms with E-state index in [-0.39, 0.29) is 78.4 Å². The summed E-state index contributed by atoms with van der Waals surface area (Å²) >= 11 is 1.28. The number of carboxylic acid groups (broad SMARTS) is 2. The molecule has 2 fully saturated rings. The molecular formula is C16H21N3Na2O7S. The third kappa shape index (κ3) is 6.59. The van der Waals surface area contributed by atoms with E-state index in [2.05, 4.69) is 10.6 Å². The Morgan fingerprint density at radius 1 is 1.21 bits per heavy atom. The molecule has 0 radical (unpaired) electrons. The van der Waals surface area contributed by atoms with Gasteiger partial charge in [0.15, 0.2) is 0 Å². The van der Waals surface area contributed by atoms with Gasteiger partial charge in [0.25, 0.3) is 0 Å². The van der Waals surface area contributed by atoms with Gasteiger partial charge < -0.3 is 35.3 Å². The quantitative estimate of drug-likeness (QED) is 0.275. The molecule has 2 saturated heterocycles. The van der Waals surface area contributed by atoms with Crippen LogP contribution >= 0.6 is 11.8 Å². The van der Waals surface area contributed by atoms with Crippen LogP contribution in [0.25, 0.3) is 0 Å². The van der Waals surface area contributed by atoms with Crippen molar-refractivity contribution in [3.8, 4) is 0 Å². The SMILES string of the molecule is CC(=O)NC(CCCC(=O)N[C@@H]1C(=O)N2[C@@H]1SC(C)(C)[C@@H]2C(=O)[O-])C(=O)[O-].[Na+].[Na+]. The standard InChI is InChI=1S/C16H23N3O7S.2Na/c1-7(20)17-8(14(23)24)5-4-6-9(21)18-10-12(22)19-11(15(25)26)16(2,3)27-13(10)19;;/h8,10-11,13H,4-6H2,1-3H3,(H,17,20)(H,18,21)(H,23,24)(H,25,26);;/q;2*+1/p-2/t8?,10-,11+,13-;;/m1../s1. The number of aliphatic carboxylic acids is 2. The van der Waals surface area contributed by atoms with Gasteiger partial charge >= 0.3 is 59.1 Å². The molecule has 2 aliphatic rings. The van der Waals surface area contributed by atoms with Gasteiger partial charge in [-0.2, -0.15) is 0 Å². The molecule has 4 atom stereocenters. The van der Waals surface area contributed by atoms with Gasteiger partial charge in [0.05, 0.1) is 24.0 Å². The molecule has 0 spiro atoms. The van der Waals surface area contributed by atoms with Crippen LogP contribution in [0.1, 0.15) is 40.0 Å². The predicted molar refractivity (Wildman–Crippen MR) is 89.5 cm³/mol. The second kappa shape index (κ2) is 11.4.